The van der Waals surface area contributed by atoms with Crippen LogP contribution in [0.15, 0.2) is 12.1 Å². The lowest BCUT2D eigenvalue weighted by Gasteiger charge is -2.22. The van der Waals surface area contributed by atoms with Crippen molar-refractivity contribution in [3.05, 3.63) is 34.4 Å². The van der Waals surface area contributed by atoms with Crippen molar-refractivity contribution in [2.45, 2.75) is 41.5 Å². The molecule has 0 saturated carbocycles. The van der Waals surface area contributed by atoms with Gasteiger partial charge < -0.3 is 0 Å². The maximum Gasteiger partial charge on any atom is 0.177 e. The highest BCUT2D eigenvalue weighted by Gasteiger charge is 2.16. The summed E-state index contributed by atoms with van der Waals surface area (Å²) in [5.74, 6) is 0.838. The molecule has 1 rings (SSSR count). The van der Waals surface area contributed by atoms with Crippen LogP contribution in [0.3, 0.4) is 0 Å². The van der Waals surface area contributed by atoms with Crippen LogP contribution >= 0.6 is 0 Å². The third-order valence-electron chi connectivity index (χ3n) is 3.39. The number of rotatable bonds is 6. The van der Waals surface area contributed by atoms with Gasteiger partial charge in [-0.15, -0.1) is 0 Å². The van der Waals surface area contributed by atoms with Crippen molar-refractivity contribution in [2.75, 3.05) is 19.6 Å². The second kappa shape index (κ2) is 6.85. The van der Waals surface area contributed by atoms with Crippen molar-refractivity contribution in [3.8, 4) is 0 Å². The fourth-order valence-corrected chi connectivity index (χ4v) is 2.72. The molecule has 0 aliphatic carbocycles. The third-order valence-corrected chi connectivity index (χ3v) is 3.39. The van der Waals surface area contributed by atoms with Crippen molar-refractivity contribution in [3.63, 3.8) is 0 Å². The second-order valence-electron chi connectivity index (χ2n) is 5.92. The minimum absolute atomic E-state index is 0.248. The molecule has 0 bridgehead atoms. The molecule has 0 spiro atoms. The van der Waals surface area contributed by atoms with E-state index in [1.807, 2.05) is 13.8 Å². The molecule has 0 radical (unpaired) electrons. The molecule has 2 nitrogen and oxygen atoms in total. The lowest BCUT2D eigenvalue weighted by Crippen LogP contribution is -2.33. The van der Waals surface area contributed by atoms with Crippen molar-refractivity contribution in [2.24, 2.45) is 5.92 Å². The molecular formula is C17H27NO. The molecule has 0 aliphatic heterocycles. The first kappa shape index (κ1) is 15.9. The van der Waals surface area contributed by atoms with E-state index in [4.69, 9.17) is 0 Å². The molecule has 19 heavy (non-hydrogen) atoms. The summed E-state index contributed by atoms with van der Waals surface area (Å²) in [5.41, 5.74) is 4.33. The fraction of sp³-hybridized carbons (Fsp3) is 0.588. The highest BCUT2D eigenvalue weighted by Crippen LogP contribution is 2.17. The van der Waals surface area contributed by atoms with E-state index in [9.17, 15) is 4.79 Å². The quantitative estimate of drug-likeness (QED) is 0.726. The average molecular weight is 261 g/mol. The summed E-state index contributed by atoms with van der Waals surface area (Å²) in [7, 11) is 0. The molecule has 2 heteroatoms. The Morgan fingerprint density at radius 1 is 1.16 bits per heavy atom. The summed E-state index contributed by atoms with van der Waals surface area (Å²) in [6, 6.07) is 4.19. The van der Waals surface area contributed by atoms with Crippen LogP contribution in [0, 0.1) is 26.7 Å². The summed E-state index contributed by atoms with van der Waals surface area (Å²) < 4.78 is 0. The van der Waals surface area contributed by atoms with Crippen molar-refractivity contribution in [1.29, 1.82) is 0 Å². The molecule has 0 unspecified atom stereocenters. The smallest absolute Gasteiger partial charge is 0.177 e. The van der Waals surface area contributed by atoms with E-state index in [0.717, 1.165) is 29.8 Å². The zero-order chi connectivity index (χ0) is 14.6. The number of aryl methyl sites for hydroxylation is 3. The van der Waals surface area contributed by atoms with Gasteiger partial charge in [0.2, 0.25) is 0 Å². The van der Waals surface area contributed by atoms with E-state index in [2.05, 4.69) is 44.7 Å². The fourth-order valence-electron chi connectivity index (χ4n) is 2.72. The number of likely N-dealkylation sites (N-methyl/N-ethyl adjacent to an activating group) is 1. The maximum absolute atomic E-state index is 12.5. The van der Waals surface area contributed by atoms with Gasteiger partial charge in [-0.25, -0.2) is 0 Å². The third kappa shape index (κ3) is 4.46. The number of carbonyl (C=O) groups excluding carboxylic acids is 1. The van der Waals surface area contributed by atoms with Crippen LogP contribution in [0.4, 0.5) is 0 Å². The highest BCUT2D eigenvalue weighted by molar-refractivity contribution is 6.00. The van der Waals surface area contributed by atoms with Crippen molar-refractivity contribution < 1.29 is 4.79 Å². The first-order valence-electron chi connectivity index (χ1n) is 7.18. The molecule has 0 fully saturated rings. The largest absolute Gasteiger partial charge is 0.296 e. The Bertz CT molecular complexity index is 426. The van der Waals surface area contributed by atoms with E-state index < -0.39 is 0 Å². The number of nitrogens with zero attached hydrogens (tertiary/aromatic N) is 1. The first-order valence-corrected chi connectivity index (χ1v) is 7.18. The van der Waals surface area contributed by atoms with E-state index in [0.29, 0.717) is 12.5 Å². The summed E-state index contributed by atoms with van der Waals surface area (Å²) in [6.07, 6.45) is 0. The van der Waals surface area contributed by atoms with Crippen molar-refractivity contribution in [1.82, 2.24) is 4.90 Å². The van der Waals surface area contributed by atoms with E-state index >= 15 is 0 Å². The number of Topliss-reactive ketones (excluding diaryl/α,β-unsaturated/α-hetero) is 1. The summed E-state index contributed by atoms with van der Waals surface area (Å²) in [6.45, 7) is 15.1. The minimum Gasteiger partial charge on any atom is -0.296 e. The van der Waals surface area contributed by atoms with Crippen LogP contribution in [0.25, 0.3) is 0 Å². The predicted octanol–water partition coefficient (Wildman–Crippen LogP) is 3.77. The van der Waals surface area contributed by atoms with E-state index in [1.54, 1.807) is 0 Å². The molecule has 0 amide bonds. The second-order valence-corrected chi connectivity index (χ2v) is 5.92. The Morgan fingerprint density at radius 2 is 1.68 bits per heavy atom. The topological polar surface area (TPSA) is 20.3 Å². The molecular weight excluding hydrogens is 234 g/mol. The number of ketones is 1. The van der Waals surface area contributed by atoms with Gasteiger partial charge >= 0.3 is 0 Å². The Labute approximate surface area is 117 Å². The standard InChI is InChI=1S/C17H27NO/c1-7-18(10-12(2)3)11-16(19)17-14(5)8-13(4)9-15(17)6/h8-9,12H,7,10-11H2,1-6H3. The number of benzene rings is 1. The van der Waals surface area contributed by atoms with Gasteiger partial charge in [-0.1, -0.05) is 38.5 Å². The summed E-state index contributed by atoms with van der Waals surface area (Å²) >= 11 is 0. The first-order chi connectivity index (χ1) is 8.85. The van der Waals surface area contributed by atoms with Gasteiger partial charge in [0.05, 0.1) is 6.54 Å². The molecule has 0 aromatic heterocycles. The number of hydrogen-bond acceptors (Lipinski definition) is 2. The average Bonchev–Trinajstić information content (AvgIpc) is 2.25. The summed E-state index contributed by atoms with van der Waals surface area (Å²) in [5, 5.41) is 0. The van der Waals surface area contributed by atoms with Gasteiger partial charge in [0.15, 0.2) is 5.78 Å². The molecule has 106 valence electrons. The van der Waals surface area contributed by atoms with Gasteiger partial charge in [-0.2, -0.15) is 0 Å². The molecule has 1 aromatic rings. The van der Waals surface area contributed by atoms with E-state index in [1.165, 1.54) is 5.56 Å². The van der Waals surface area contributed by atoms with Crippen LogP contribution < -0.4 is 0 Å². The van der Waals surface area contributed by atoms with E-state index in [-0.39, 0.29) is 5.78 Å². The molecule has 1 aromatic carbocycles. The minimum atomic E-state index is 0.248. The number of carbonyl (C=O) groups is 1. The Morgan fingerprint density at radius 3 is 2.11 bits per heavy atom. The lowest BCUT2D eigenvalue weighted by molar-refractivity contribution is 0.0925. The normalized spacial score (nSPS) is 11.4. The van der Waals surface area contributed by atoms with Crippen LogP contribution in [-0.4, -0.2) is 30.3 Å². The monoisotopic (exact) mass is 261 g/mol. The van der Waals surface area contributed by atoms with Crippen LogP contribution in [0.5, 0.6) is 0 Å². The van der Waals surface area contributed by atoms with Crippen LogP contribution in [0.2, 0.25) is 0 Å². The van der Waals surface area contributed by atoms with Gasteiger partial charge in [0.25, 0.3) is 0 Å². The Balaban J connectivity index is 2.89. The number of hydrogen-bond donors (Lipinski definition) is 0. The zero-order valence-electron chi connectivity index (χ0n) is 13.2. The molecule has 0 aliphatic rings. The molecule has 0 heterocycles. The summed E-state index contributed by atoms with van der Waals surface area (Å²) in [4.78, 5) is 14.7. The maximum atomic E-state index is 12.5. The predicted molar refractivity (Wildman–Crippen MR) is 81.9 cm³/mol. The molecule has 0 atom stereocenters. The van der Waals surface area contributed by atoms with Crippen LogP contribution in [0.1, 0.15) is 47.8 Å². The molecule has 0 N–H and O–H groups in total. The highest BCUT2D eigenvalue weighted by atomic mass is 16.1. The lowest BCUT2D eigenvalue weighted by atomic mass is 9.96. The van der Waals surface area contributed by atoms with Gasteiger partial charge in [0.1, 0.15) is 0 Å². The SMILES string of the molecule is CCN(CC(=O)c1c(C)cc(C)cc1C)CC(C)C. The Kier molecular flexibility index (Phi) is 5.74. The van der Waals surface area contributed by atoms with Gasteiger partial charge in [0, 0.05) is 12.1 Å². The molecule has 0 saturated heterocycles. The zero-order valence-corrected chi connectivity index (χ0v) is 13.2. The van der Waals surface area contributed by atoms with Gasteiger partial charge in [-0.3, -0.25) is 9.69 Å². The Hall–Kier alpha value is -1.15. The van der Waals surface area contributed by atoms with Gasteiger partial charge in [-0.05, 0) is 44.4 Å². The van der Waals surface area contributed by atoms with Crippen LogP contribution in [-0.2, 0) is 0 Å². The van der Waals surface area contributed by atoms with Crippen molar-refractivity contribution >= 4 is 5.78 Å².